The molecule has 402 valence electrons. The first-order valence-corrected chi connectivity index (χ1v) is 30.7. The number of aliphatic hydroxyl groups is 3. The van der Waals surface area contributed by atoms with Crippen molar-refractivity contribution in [3.8, 4) is 0 Å². The molecular formula is C52H54Br5ClIN5O10S. The highest BCUT2D eigenvalue weighted by molar-refractivity contribution is 9.11. The monoisotopic (exact) mass is 1500 g/mol. The molecule has 4 spiro atoms. The topological polar surface area (TPSA) is 205 Å². The molecule has 9 aliphatic rings. The number of rotatable bonds is 2. The van der Waals surface area contributed by atoms with Gasteiger partial charge in [-0.2, -0.15) is 0 Å². The second-order valence-electron chi connectivity index (χ2n) is 19.5. The summed E-state index contributed by atoms with van der Waals surface area (Å²) in [6.07, 6.45) is 27.4. The molecule has 0 aromatic carbocycles. The Morgan fingerprint density at radius 2 is 0.853 bits per heavy atom. The van der Waals surface area contributed by atoms with Crippen molar-refractivity contribution in [2.24, 2.45) is 0 Å². The molecule has 23 heteroatoms. The second-order valence-corrected chi connectivity index (χ2v) is 26.6. The maximum absolute atomic E-state index is 12.0. The minimum atomic E-state index is -0.503. The van der Waals surface area contributed by atoms with Crippen molar-refractivity contribution in [3.63, 3.8) is 0 Å². The normalized spacial score (nSPS) is 22.9. The van der Waals surface area contributed by atoms with Gasteiger partial charge >= 0.3 is 0 Å². The SMILES string of the molecule is C[S+](C)CCCl.O=C1COCc2c(Br)cncc21.O=C1c2cncc(Br)c2COC12CC2.OC1c2cncc(Br)c2COC12CC2.OC1c2cncc(Br)c2COC12CC2.OC1c2cncc(Br)c2COC12CC2.[I-]. The van der Waals surface area contributed by atoms with E-state index in [1.165, 1.54) is 5.75 Å². The van der Waals surface area contributed by atoms with Crippen LogP contribution in [0.5, 0.6) is 0 Å². The molecule has 75 heavy (non-hydrogen) atoms. The van der Waals surface area contributed by atoms with Gasteiger partial charge in [0.05, 0.1) is 68.2 Å². The summed E-state index contributed by atoms with van der Waals surface area (Å²) >= 11 is 22.3. The number of Topliss-reactive ketones (excluding diaryl/α,β-unsaturated/α-hetero) is 2. The molecule has 0 saturated heterocycles. The predicted molar refractivity (Wildman–Crippen MR) is 295 cm³/mol. The van der Waals surface area contributed by atoms with Crippen molar-refractivity contribution in [1.29, 1.82) is 0 Å². The third kappa shape index (κ3) is 13.2. The quantitative estimate of drug-likeness (QED) is 0.0886. The lowest BCUT2D eigenvalue weighted by molar-refractivity contribution is -0.0832. The Morgan fingerprint density at radius 3 is 1.19 bits per heavy atom. The maximum Gasteiger partial charge on any atom is 0.196 e. The molecule has 3 atom stereocenters. The summed E-state index contributed by atoms with van der Waals surface area (Å²) in [4.78, 5) is 43.4. The third-order valence-corrected chi connectivity index (χ3v) is 19.2. The molecule has 0 amide bonds. The average Bonchev–Trinajstić information content (AvgIpc) is 4.18. The number of ether oxygens (including phenoxy) is 5. The average molecular weight is 1500 g/mol. The fourth-order valence-electron chi connectivity index (χ4n) is 9.09. The van der Waals surface area contributed by atoms with Gasteiger partial charge in [-0.3, -0.25) is 34.5 Å². The van der Waals surface area contributed by atoms with Gasteiger partial charge in [0.25, 0.3) is 0 Å². The number of pyridine rings is 5. The first-order valence-electron chi connectivity index (χ1n) is 23.9. The van der Waals surface area contributed by atoms with Crippen LogP contribution in [0.1, 0.15) is 135 Å². The fraction of sp³-hybridized carbons (Fsp3) is 0.481. The Balaban J connectivity index is 0.000000121. The molecule has 5 aromatic heterocycles. The van der Waals surface area contributed by atoms with Crippen LogP contribution in [0.4, 0.5) is 0 Å². The van der Waals surface area contributed by atoms with Crippen LogP contribution in [-0.4, -0.2) is 105 Å². The Hall–Kier alpha value is -1.46. The van der Waals surface area contributed by atoms with Crippen molar-refractivity contribution in [2.75, 3.05) is 30.8 Å². The second kappa shape index (κ2) is 25.1. The zero-order chi connectivity index (χ0) is 52.6. The number of hydrogen-bond donors (Lipinski definition) is 3. The van der Waals surface area contributed by atoms with Crippen molar-refractivity contribution >= 4 is 114 Å². The molecule has 0 bridgehead atoms. The van der Waals surface area contributed by atoms with Crippen LogP contribution in [-0.2, 0) is 67.6 Å². The van der Waals surface area contributed by atoms with Crippen molar-refractivity contribution in [3.05, 3.63) is 140 Å². The molecule has 10 heterocycles. The number of hydrogen-bond acceptors (Lipinski definition) is 15. The van der Waals surface area contributed by atoms with Crippen LogP contribution in [0.15, 0.2) is 84.3 Å². The molecule has 5 aliphatic heterocycles. The molecular weight excluding hydrogens is 1450 g/mol. The molecule has 5 aromatic rings. The third-order valence-electron chi connectivity index (χ3n) is 14.4. The number of aromatic nitrogens is 5. The molecule has 4 saturated carbocycles. The Morgan fingerprint density at radius 1 is 0.507 bits per heavy atom. The van der Waals surface area contributed by atoms with Gasteiger partial charge in [-0.1, -0.05) is 0 Å². The lowest BCUT2D eigenvalue weighted by atomic mass is 9.97. The molecule has 15 nitrogen and oxygen atoms in total. The lowest BCUT2D eigenvalue weighted by Crippen LogP contribution is -3.00. The summed E-state index contributed by atoms with van der Waals surface area (Å²) in [6, 6.07) is 0. The number of aliphatic hydroxyl groups excluding tert-OH is 3. The standard InChI is InChI=1S/3C10H10BrNO2.C10H8BrNO2.C8H6BrNO2.C4H10ClS.HI/c4*11-8-4-12-3-6-7(8)5-14-10(1-2-10)9(6)13;9-7-2-10-1-5-6(7)3-12-4-8(5)11;1-6(2)4-3-5;/h3*3-4,9,13H,1-2,5H2;3-4H,1-2,5H2;1-2H,3-4H2;3-4H2,1-2H3;1H/q;;;;;+1;/p-1. The van der Waals surface area contributed by atoms with Gasteiger partial charge in [0, 0.05) is 140 Å². The van der Waals surface area contributed by atoms with Crippen LogP contribution < -0.4 is 24.0 Å². The molecule has 0 radical (unpaired) electrons. The highest BCUT2D eigenvalue weighted by Crippen LogP contribution is 2.56. The van der Waals surface area contributed by atoms with E-state index in [4.69, 9.17) is 35.3 Å². The van der Waals surface area contributed by atoms with E-state index < -0.39 is 23.9 Å². The number of carbonyl (C=O) groups excluding carboxylic acids is 2. The Bertz CT molecular complexity index is 2740. The van der Waals surface area contributed by atoms with Gasteiger partial charge < -0.3 is 63.0 Å². The largest absolute Gasteiger partial charge is 1.00 e. The summed E-state index contributed by atoms with van der Waals surface area (Å²) in [5.74, 6) is 2.09. The van der Waals surface area contributed by atoms with E-state index in [-0.39, 0.29) is 59.0 Å². The first kappa shape index (κ1) is 59.7. The summed E-state index contributed by atoms with van der Waals surface area (Å²) in [7, 11) is 0.552. The summed E-state index contributed by atoms with van der Waals surface area (Å²) in [6.45, 7) is 2.92. The number of ketones is 2. The first-order chi connectivity index (χ1) is 35.5. The van der Waals surface area contributed by atoms with Crippen LogP contribution in [0, 0.1) is 0 Å². The lowest BCUT2D eigenvalue weighted by Gasteiger charge is -2.30. The van der Waals surface area contributed by atoms with Crippen LogP contribution in [0.3, 0.4) is 0 Å². The van der Waals surface area contributed by atoms with E-state index in [9.17, 15) is 24.9 Å². The highest BCUT2D eigenvalue weighted by atomic mass is 127. The fourth-order valence-corrected chi connectivity index (χ4v) is 12.6. The van der Waals surface area contributed by atoms with Crippen molar-refractivity contribution < 1.29 is 72.6 Å². The van der Waals surface area contributed by atoms with Gasteiger partial charge in [0.2, 0.25) is 0 Å². The molecule has 4 fully saturated rings. The Kier molecular flexibility index (Phi) is 20.0. The van der Waals surface area contributed by atoms with Gasteiger partial charge in [-0.05, 0) is 142 Å². The van der Waals surface area contributed by atoms with Crippen LogP contribution in [0.2, 0.25) is 0 Å². The van der Waals surface area contributed by atoms with E-state index in [0.29, 0.717) is 49.5 Å². The van der Waals surface area contributed by atoms with E-state index in [0.717, 1.165) is 130 Å². The number of carbonyl (C=O) groups is 2. The maximum atomic E-state index is 12.0. The minimum absolute atomic E-state index is 0. The van der Waals surface area contributed by atoms with Crippen LogP contribution in [0.25, 0.3) is 0 Å². The Labute approximate surface area is 502 Å². The summed E-state index contributed by atoms with van der Waals surface area (Å²) in [5.41, 5.74) is 7.77. The van der Waals surface area contributed by atoms with Crippen molar-refractivity contribution in [2.45, 2.75) is 125 Å². The van der Waals surface area contributed by atoms with E-state index in [1.807, 2.05) is 0 Å². The van der Waals surface area contributed by atoms with Gasteiger partial charge in [0.15, 0.2) is 11.6 Å². The minimum Gasteiger partial charge on any atom is -1.00 e. The zero-order valence-corrected chi connectivity index (χ0v) is 52.5. The zero-order valence-electron chi connectivity index (χ0n) is 40.8. The molecule has 3 N–H and O–H groups in total. The van der Waals surface area contributed by atoms with E-state index in [2.05, 4.69) is 117 Å². The number of nitrogens with zero attached hydrogens (tertiary/aromatic N) is 5. The predicted octanol–water partition coefficient (Wildman–Crippen LogP) is 7.57. The summed E-state index contributed by atoms with van der Waals surface area (Å²) in [5, 5.41) is 30.3. The smallest absolute Gasteiger partial charge is 0.196 e. The highest BCUT2D eigenvalue weighted by Gasteiger charge is 2.56. The molecule has 4 aliphatic carbocycles. The van der Waals surface area contributed by atoms with Crippen LogP contribution >= 0.6 is 91.3 Å². The number of halogens is 7. The molecule has 3 unspecified atom stereocenters. The number of alkyl halides is 1. The van der Waals surface area contributed by atoms with Gasteiger partial charge in [-0.15, -0.1) is 11.6 Å². The van der Waals surface area contributed by atoms with Crippen molar-refractivity contribution in [1.82, 2.24) is 24.9 Å². The molecule has 14 rings (SSSR count). The number of fused-ring (bicyclic) bond motifs is 5. The van der Waals surface area contributed by atoms with Gasteiger partial charge in [0.1, 0.15) is 36.3 Å². The van der Waals surface area contributed by atoms with E-state index >= 15 is 0 Å². The van der Waals surface area contributed by atoms with Gasteiger partial charge in [-0.25, -0.2) is 0 Å². The van der Waals surface area contributed by atoms with E-state index in [1.54, 1.807) is 62.0 Å². The summed E-state index contributed by atoms with van der Waals surface area (Å²) < 4.78 is 32.2.